The van der Waals surface area contributed by atoms with Crippen molar-refractivity contribution < 1.29 is 33.3 Å². The van der Waals surface area contributed by atoms with Crippen LogP contribution in [0.25, 0.3) is 0 Å². The fraction of sp³-hybridized carbons (Fsp3) is 0.364. The molecule has 0 bridgehead atoms. The first-order chi connectivity index (χ1) is 14.4. The molecule has 0 fully saturated rings. The molecule has 0 aliphatic heterocycles. The van der Waals surface area contributed by atoms with Gasteiger partial charge in [0.2, 0.25) is 0 Å². The summed E-state index contributed by atoms with van der Waals surface area (Å²) in [6.45, 7) is 4.21. The number of hydrogen-bond donors (Lipinski definition) is 1. The molecule has 1 amide bonds. The second kappa shape index (κ2) is 11.1. The topological polar surface area (TPSA) is 92.3 Å². The lowest BCUT2D eigenvalue weighted by Crippen LogP contribution is -2.30. The molecule has 30 heavy (non-hydrogen) atoms. The first-order valence-electron chi connectivity index (χ1n) is 9.42. The Kier molecular flexibility index (Phi) is 8.49. The molecule has 0 heterocycles. The molecule has 2 aromatic carbocycles. The molecular formula is C22H27NO7. The van der Waals surface area contributed by atoms with Gasteiger partial charge in [0.05, 0.1) is 33.5 Å². The number of carbonyl (C=O) groups is 2. The van der Waals surface area contributed by atoms with E-state index < -0.39 is 18.0 Å². The first-order valence-corrected chi connectivity index (χ1v) is 9.42. The van der Waals surface area contributed by atoms with Crippen LogP contribution in [0.4, 0.5) is 5.69 Å². The summed E-state index contributed by atoms with van der Waals surface area (Å²) in [6, 6.07) is 9.83. The zero-order chi connectivity index (χ0) is 22.1. The summed E-state index contributed by atoms with van der Waals surface area (Å²) in [4.78, 5) is 24.9. The van der Waals surface area contributed by atoms with E-state index in [1.54, 1.807) is 43.5 Å². The summed E-state index contributed by atoms with van der Waals surface area (Å²) in [5.74, 6) is 0.528. The summed E-state index contributed by atoms with van der Waals surface area (Å²) >= 11 is 0. The Balaban J connectivity index is 2.05. The number of nitrogens with one attached hydrogen (secondary N) is 1. The molecule has 2 aromatic rings. The molecule has 0 saturated carbocycles. The SMILES string of the molecule is CCOCc1cc(C(=O)O[C@H](C)C(=O)Nc2ccc(OC)c(OC)c2)ccc1OC. The third kappa shape index (κ3) is 5.87. The largest absolute Gasteiger partial charge is 0.496 e. The molecule has 1 N–H and O–H groups in total. The molecule has 0 saturated heterocycles. The van der Waals surface area contributed by atoms with Crippen LogP contribution in [0.5, 0.6) is 17.2 Å². The average Bonchev–Trinajstić information content (AvgIpc) is 2.77. The lowest BCUT2D eigenvalue weighted by atomic mass is 10.1. The first kappa shape index (κ1) is 23.0. The lowest BCUT2D eigenvalue weighted by molar-refractivity contribution is -0.123. The van der Waals surface area contributed by atoms with Crippen molar-refractivity contribution in [2.45, 2.75) is 26.6 Å². The van der Waals surface area contributed by atoms with Gasteiger partial charge in [-0.2, -0.15) is 0 Å². The van der Waals surface area contributed by atoms with Crippen LogP contribution in [0.15, 0.2) is 36.4 Å². The minimum Gasteiger partial charge on any atom is -0.496 e. The highest BCUT2D eigenvalue weighted by atomic mass is 16.5. The van der Waals surface area contributed by atoms with Gasteiger partial charge < -0.3 is 29.0 Å². The van der Waals surface area contributed by atoms with Crippen LogP contribution in [-0.2, 0) is 20.9 Å². The lowest BCUT2D eigenvalue weighted by Gasteiger charge is -2.15. The molecule has 0 radical (unpaired) electrons. The van der Waals surface area contributed by atoms with Gasteiger partial charge in [0.1, 0.15) is 5.75 Å². The minimum absolute atomic E-state index is 0.302. The Bertz CT molecular complexity index is 882. The van der Waals surface area contributed by atoms with E-state index in [1.807, 2.05) is 6.92 Å². The monoisotopic (exact) mass is 417 g/mol. The molecule has 0 aromatic heterocycles. The van der Waals surface area contributed by atoms with Crippen LogP contribution < -0.4 is 19.5 Å². The molecule has 0 spiro atoms. The van der Waals surface area contributed by atoms with Gasteiger partial charge in [-0.3, -0.25) is 4.79 Å². The van der Waals surface area contributed by atoms with Gasteiger partial charge in [0.25, 0.3) is 5.91 Å². The Labute approximate surface area is 176 Å². The Morgan fingerprint density at radius 3 is 2.23 bits per heavy atom. The van der Waals surface area contributed by atoms with Crippen molar-refractivity contribution in [3.05, 3.63) is 47.5 Å². The van der Waals surface area contributed by atoms with Crippen molar-refractivity contribution in [1.82, 2.24) is 0 Å². The van der Waals surface area contributed by atoms with Crippen molar-refractivity contribution in [3.8, 4) is 17.2 Å². The fourth-order valence-corrected chi connectivity index (χ4v) is 2.67. The van der Waals surface area contributed by atoms with Crippen molar-refractivity contribution in [2.24, 2.45) is 0 Å². The van der Waals surface area contributed by atoms with Crippen molar-refractivity contribution in [3.63, 3.8) is 0 Å². The Morgan fingerprint density at radius 2 is 1.60 bits per heavy atom. The number of hydrogen-bond acceptors (Lipinski definition) is 7. The van der Waals surface area contributed by atoms with Gasteiger partial charge in [-0.05, 0) is 44.2 Å². The molecule has 0 unspecified atom stereocenters. The van der Waals surface area contributed by atoms with Gasteiger partial charge in [-0.25, -0.2) is 4.79 Å². The maximum absolute atomic E-state index is 12.5. The van der Waals surface area contributed by atoms with Crippen LogP contribution in [0, 0.1) is 0 Å². The van der Waals surface area contributed by atoms with E-state index in [1.165, 1.54) is 21.1 Å². The molecule has 162 valence electrons. The number of rotatable bonds is 10. The summed E-state index contributed by atoms with van der Waals surface area (Å²) in [5, 5.41) is 2.69. The molecule has 8 nitrogen and oxygen atoms in total. The quantitative estimate of drug-likeness (QED) is 0.592. The van der Waals surface area contributed by atoms with Crippen LogP contribution in [0.2, 0.25) is 0 Å². The standard InChI is InChI=1S/C22H27NO7/c1-6-29-13-16-11-15(7-9-18(16)26-3)22(25)30-14(2)21(24)23-17-8-10-19(27-4)20(12-17)28-5/h7-12,14H,6,13H2,1-5H3,(H,23,24)/t14-/m1/s1. The van der Waals surface area contributed by atoms with Gasteiger partial charge >= 0.3 is 5.97 Å². The number of carbonyl (C=O) groups excluding carboxylic acids is 2. The third-order valence-electron chi connectivity index (χ3n) is 4.28. The number of amides is 1. The molecule has 8 heteroatoms. The smallest absolute Gasteiger partial charge is 0.338 e. The highest BCUT2D eigenvalue weighted by Gasteiger charge is 2.20. The Morgan fingerprint density at radius 1 is 0.933 bits per heavy atom. The average molecular weight is 417 g/mol. The summed E-state index contributed by atoms with van der Waals surface area (Å²) in [5.41, 5.74) is 1.51. The van der Waals surface area contributed by atoms with E-state index in [0.717, 1.165) is 5.56 Å². The van der Waals surface area contributed by atoms with Crippen molar-refractivity contribution >= 4 is 17.6 Å². The minimum atomic E-state index is -1.01. The molecule has 0 aliphatic rings. The van der Waals surface area contributed by atoms with E-state index in [2.05, 4.69) is 5.32 Å². The van der Waals surface area contributed by atoms with Crippen LogP contribution in [0.3, 0.4) is 0 Å². The second-order valence-corrected chi connectivity index (χ2v) is 6.27. The number of esters is 1. The van der Waals surface area contributed by atoms with E-state index >= 15 is 0 Å². The summed E-state index contributed by atoms with van der Waals surface area (Å²) in [7, 11) is 4.57. The van der Waals surface area contributed by atoms with Crippen LogP contribution >= 0.6 is 0 Å². The van der Waals surface area contributed by atoms with Crippen molar-refractivity contribution in [1.29, 1.82) is 0 Å². The van der Waals surface area contributed by atoms with Crippen LogP contribution in [-0.4, -0.2) is 45.9 Å². The summed E-state index contributed by atoms with van der Waals surface area (Å²) < 4.78 is 26.4. The van der Waals surface area contributed by atoms with E-state index in [-0.39, 0.29) is 0 Å². The number of ether oxygens (including phenoxy) is 5. The third-order valence-corrected chi connectivity index (χ3v) is 4.28. The molecule has 2 rings (SSSR count). The Hall–Kier alpha value is -3.26. The highest BCUT2D eigenvalue weighted by molar-refractivity contribution is 5.97. The van der Waals surface area contributed by atoms with Crippen molar-refractivity contribution in [2.75, 3.05) is 33.3 Å². The van der Waals surface area contributed by atoms with Gasteiger partial charge in [0, 0.05) is 23.9 Å². The summed E-state index contributed by atoms with van der Waals surface area (Å²) in [6.07, 6.45) is -1.01. The van der Waals surface area contributed by atoms with E-state index in [9.17, 15) is 9.59 Å². The highest BCUT2D eigenvalue weighted by Crippen LogP contribution is 2.29. The zero-order valence-corrected chi connectivity index (χ0v) is 17.8. The molecule has 1 atom stereocenters. The molecular weight excluding hydrogens is 390 g/mol. The second-order valence-electron chi connectivity index (χ2n) is 6.27. The predicted molar refractivity (Wildman–Crippen MR) is 111 cm³/mol. The van der Waals surface area contributed by atoms with Gasteiger partial charge in [-0.15, -0.1) is 0 Å². The van der Waals surface area contributed by atoms with E-state index in [4.69, 9.17) is 23.7 Å². The number of methoxy groups -OCH3 is 3. The van der Waals surface area contributed by atoms with Gasteiger partial charge in [-0.1, -0.05) is 0 Å². The fourth-order valence-electron chi connectivity index (χ4n) is 2.67. The molecule has 0 aliphatic carbocycles. The normalized spacial score (nSPS) is 11.4. The van der Waals surface area contributed by atoms with Gasteiger partial charge in [0.15, 0.2) is 17.6 Å². The number of benzene rings is 2. The van der Waals surface area contributed by atoms with Crippen LogP contribution in [0.1, 0.15) is 29.8 Å². The number of anilines is 1. The maximum atomic E-state index is 12.5. The van der Waals surface area contributed by atoms with E-state index in [0.29, 0.717) is 41.7 Å². The zero-order valence-electron chi connectivity index (χ0n) is 17.8. The maximum Gasteiger partial charge on any atom is 0.338 e. The predicted octanol–water partition coefficient (Wildman–Crippen LogP) is 3.43.